The number of aliphatic hydroxyl groups is 3. The fourth-order valence-electron chi connectivity index (χ4n) is 4.10. The summed E-state index contributed by atoms with van der Waals surface area (Å²) >= 11 is 1.39. The molecule has 0 saturated carbocycles. The van der Waals surface area contributed by atoms with Crippen molar-refractivity contribution < 1.29 is 20.1 Å². The van der Waals surface area contributed by atoms with Crippen LogP contribution in [0, 0.1) is 0 Å². The van der Waals surface area contributed by atoms with Gasteiger partial charge in [0.15, 0.2) is 28.4 Å². The van der Waals surface area contributed by atoms with Crippen molar-refractivity contribution in [3.05, 3.63) is 36.2 Å². The number of anilines is 2. The molecule has 152 valence electrons. The smallest absolute Gasteiger partial charge is 0.172 e. The normalized spacial score (nSPS) is 26.4. The monoisotopic (exact) mass is 415 g/mol. The molecule has 4 heterocycles. The molecule has 1 fully saturated rings. The molecule has 3 aromatic rings. The van der Waals surface area contributed by atoms with E-state index in [2.05, 4.69) is 27.0 Å². The highest BCUT2D eigenvalue weighted by atomic mass is 32.2. The molecule has 1 aromatic carbocycles. The fraction of sp³-hybridized carbons (Fsp3) is 0.421. The highest BCUT2D eigenvalue weighted by Gasteiger charge is 2.45. The van der Waals surface area contributed by atoms with Crippen molar-refractivity contribution in [3.8, 4) is 0 Å². The molecule has 0 spiro atoms. The summed E-state index contributed by atoms with van der Waals surface area (Å²) in [4.78, 5) is 15.8. The Morgan fingerprint density at radius 1 is 1.21 bits per heavy atom. The number of aliphatic hydroxyl groups excluding tert-OH is 3. The molecule has 0 bridgehead atoms. The third-order valence-corrected chi connectivity index (χ3v) is 6.18. The topological polar surface area (TPSA) is 117 Å². The third kappa shape index (κ3) is 2.82. The van der Waals surface area contributed by atoms with Crippen LogP contribution in [0.15, 0.2) is 35.7 Å². The second-order valence-electron chi connectivity index (χ2n) is 7.10. The number of aromatic nitrogens is 4. The largest absolute Gasteiger partial charge is 0.394 e. The van der Waals surface area contributed by atoms with Crippen molar-refractivity contribution in [2.24, 2.45) is 0 Å². The molecule has 3 N–H and O–H groups in total. The molecule has 2 aromatic heterocycles. The van der Waals surface area contributed by atoms with Crippen LogP contribution in [0.5, 0.6) is 0 Å². The van der Waals surface area contributed by atoms with Crippen LogP contribution in [0.2, 0.25) is 0 Å². The molecule has 0 radical (unpaired) electrons. The Morgan fingerprint density at radius 3 is 2.79 bits per heavy atom. The number of ether oxygens (including phenoxy) is 1. The summed E-state index contributed by atoms with van der Waals surface area (Å²) in [7, 11) is 0. The van der Waals surface area contributed by atoms with E-state index in [1.54, 1.807) is 4.57 Å². The number of imidazole rings is 1. The number of nitrogens with zero attached hydrogens (tertiary/aromatic N) is 5. The van der Waals surface area contributed by atoms with Gasteiger partial charge in [-0.05, 0) is 24.3 Å². The molecule has 0 unspecified atom stereocenters. The minimum absolute atomic E-state index is 0.388. The average Bonchev–Trinajstić information content (AvgIpc) is 3.42. The van der Waals surface area contributed by atoms with Gasteiger partial charge in [-0.1, -0.05) is 30.0 Å². The second-order valence-corrected chi connectivity index (χ2v) is 7.87. The van der Waals surface area contributed by atoms with Gasteiger partial charge in [-0.2, -0.15) is 0 Å². The second kappa shape index (κ2) is 7.22. The van der Waals surface area contributed by atoms with Gasteiger partial charge in [0.2, 0.25) is 0 Å². The maximum atomic E-state index is 10.5. The Balaban J connectivity index is 1.64. The Bertz CT molecular complexity index is 1060. The molecule has 1 saturated heterocycles. The van der Waals surface area contributed by atoms with Crippen LogP contribution >= 0.6 is 11.8 Å². The number of hydrogen-bond donors (Lipinski definition) is 3. The first-order chi connectivity index (χ1) is 14.1. The summed E-state index contributed by atoms with van der Waals surface area (Å²) in [6.45, 7) is 0.404. The van der Waals surface area contributed by atoms with Crippen molar-refractivity contribution in [2.45, 2.75) is 36.1 Å². The molecule has 0 amide bonds. The lowest BCUT2D eigenvalue weighted by molar-refractivity contribution is -0.0548. The van der Waals surface area contributed by atoms with Crippen LogP contribution in [-0.2, 0) is 11.2 Å². The predicted octanol–water partition coefficient (Wildman–Crippen LogP) is 0.854. The van der Waals surface area contributed by atoms with Crippen molar-refractivity contribution in [1.82, 2.24) is 19.5 Å². The number of thioether (sulfide) groups is 1. The number of para-hydroxylation sites is 1. The first-order valence-electron chi connectivity index (χ1n) is 9.39. The van der Waals surface area contributed by atoms with Gasteiger partial charge in [0.25, 0.3) is 0 Å². The summed E-state index contributed by atoms with van der Waals surface area (Å²) < 4.78 is 7.41. The molecule has 2 aliphatic heterocycles. The van der Waals surface area contributed by atoms with Crippen LogP contribution in [0.4, 0.5) is 11.5 Å². The van der Waals surface area contributed by atoms with Gasteiger partial charge >= 0.3 is 0 Å². The quantitative estimate of drug-likeness (QED) is 0.533. The van der Waals surface area contributed by atoms with Crippen LogP contribution < -0.4 is 4.90 Å². The highest BCUT2D eigenvalue weighted by Crippen LogP contribution is 2.39. The van der Waals surface area contributed by atoms with E-state index in [1.807, 2.05) is 18.4 Å². The van der Waals surface area contributed by atoms with E-state index in [0.717, 1.165) is 18.7 Å². The maximum absolute atomic E-state index is 10.5. The average molecular weight is 415 g/mol. The van der Waals surface area contributed by atoms with E-state index in [9.17, 15) is 15.3 Å². The van der Waals surface area contributed by atoms with E-state index >= 15 is 0 Å². The van der Waals surface area contributed by atoms with Gasteiger partial charge in [-0.25, -0.2) is 15.0 Å². The van der Waals surface area contributed by atoms with Gasteiger partial charge in [0, 0.05) is 12.2 Å². The van der Waals surface area contributed by atoms with E-state index in [0.29, 0.717) is 22.1 Å². The highest BCUT2D eigenvalue weighted by molar-refractivity contribution is 7.98. The van der Waals surface area contributed by atoms with E-state index in [-0.39, 0.29) is 6.61 Å². The lowest BCUT2D eigenvalue weighted by atomic mass is 10.1. The van der Waals surface area contributed by atoms with Crippen molar-refractivity contribution in [2.75, 3.05) is 24.3 Å². The van der Waals surface area contributed by atoms with Crippen molar-refractivity contribution in [1.29, 1.82) is 0 Å². The Morgan fingerprint density at radius 2 is 2.03 bits per heavy atom. The summed E-state index contributed by atoms with van der Waals surface area (Å²) in [6.07, 6.45) is 0.105. The first-order valence-corrected chi connectivity index (χ1v) is 10.6. The Kier molecular flexibility index (Phi) is 4.67. The molecule has 5 rings (SSSR count). The third-order valence-electron chi connectivity index (χ3n) is 5.52. The molecular formula is C19H21N5O4S. The van der Waals surface area contributed by atoms with Crippen LogP contribution in [0.3, 0.4) is 0 Å². The number of rotatable bonds is 4. The summed E-state index contributed by atoms with van der Waals surface area (Å²) in [5, 5.41) is 30.7. The van der Waals surface area contributed by atoms with Crippen LogP contribution in [-0.4, -0.2) is 72.6 Å². The first kappa shape index (κ1) is 18.8. The molecule has 29 heavy (non-hydrogen) atoms. The lowest BCUT2D eigenvalue weighted by Gasteiger charge is -2.20. The number of benzene rings is 1. The predicted molar refractivity (Wildman–Crippen MR) is 107 cm³/mol. The molecule has 0 aliphatic carbocycles. The summed E-state index contributed by atoms with van der Waals surface area (Å²) in [5.74, 6) is 0.695. The number of fused-ring (bicyclic) bond motifs is 2. The molecular weight excluding hydrogens is 394 g/mol. The molecule has 2 aliphatic rings. The minimum atomic E-state index is -1.21. The zero-order valence-electron chi connectivity index (χ0n) is 15.7. The van der Waals surface area contributed by atoms with Gasteiger partial charge in [0.1, 0.15) is 24.6 Å². The fourth-order valence-corrected chi connectivity index (χ4v) is 4.67. The Labute approximate surface area is 171 Å². The standard InChI is InChI=1S/C19H21N5O4S/c1-29-19-22-13-16(23-7-6-10-4-2-3-5-11(10)23)20-9-21-17(13)24(19)18-15(27)14(26)12(8-25)28-18/h2-5,9,12,14-15,18,25-27H,6-8H2,1H3/t12-,14-,15-,18-/m1/s1. The van der Waals surface area contributed by atoms with Gasteiger partial charge in [0.05, 0.1) is 6.61 Å². The maximum Gasteiger partial charge on any atom is 0.172 e. The lowest BCUT2D eigenvalue weighted by Crippen LogP contribution is -2.33. The summed E-state index contributed by atoms with van der Waals surface area (Å²) in [5.41, 5.74) is 3.47. The van der Waals surface area contributed by atoms with E-state index in [4.69, 9.17) is 9.72 Å². The van der Waals surface area contributed by atoms with E-state index < -0.39 is 24.5 Å². The van der Waals surface area contributed by atoms with Crippen LogP contribution in [0.1, 0.15) is 11.8 Å². The van der Waals surface area contributed by atoms with Gasteiger partial charge in [-0.3, -0.25) is 4.57 Å². The zero-order valence-corrected chi connectivity index (χ0v) is 16.5. The van der Waals surface area contributed by atoms with E-state index in [1.165, 1.54) is 23.7 Å². The Hall–Kier alpha value is -2.24. The van der Waals surface area contributed by atoms with Crippen LogP contribution in [0.25, 0.3) is 11.2 Å². The van der Waals surface area contributed by atoms with Crippen molar-refractivity contribution in [3.63, 3.8) is 0 Å². The zero-order chi connectivity index (χ0) is 20.1. The summed E-state index contributed by atoms with van der Waals surface area (Å²) in [6, 6.07) is 8.20. The molecule has 9 nitrogen and oxygen atoms in total. The van der Waals surface area contributed by atoms with Gasteiger partial charge < -0.3 is 25.0 Å². The minimum Gasteiger partial charge on any atom is -0.394 e. The number of hydrogen-bond acceptors (Lipinski definition) is 9. The SMILES string of the molecule is CSc1nc2c(N3CCc4ccccc43)ncnc2n1[C@@H]1O[C@H](CO)[C@@H](O)[C@H]1O. The molecule has 4 atom stereocenters. The van der Waals surface area contributed by atoms with Crippen molar-refractivity contribution >= 4 is 34.4 Å². The molecule has 10 heteroatoms. The van der Waals surface area contributed by atoms with Gasteiger partial charge in [-0.15, -0.1) is 0 Å².